The van der Waals surface area contributed by atoms with Gasteiger partial charge >= 0.3 is 12.0 Å². The van der Waals surface area contributed by atoms with Crippen LogP contribution in [-0.2, 0) is 4.79 Å². The van der Waals surface area contributed by atoms with Crippen LogP contribution in [0.5, 0.6) is 0 Å². The largest absolute Gasteiger partial charge is 0.480 e. The van der Waals surface area contributed by atoms with Crippen molar-refractivity contribution in [2.24, 2.45) is 0 Å². The number of hydrogen-bond acceptors (Lipinski definition) is 5. The normalized spacial score (nSPS) is 12.2. The maximum atomic E-state index is 11.6. The summed E-state index contributed by atoms with van der Waals surface area (Å²) in [5.41, 5.74) is 0.866. The number of thiazole rings is 1. The molecule has 0 unspecified atom stereocenters. The van der Waals surface area contributed by atoms with Crippen molar-refractivity contribution < 1.29 is 19.8 Å². The van der Waals surface area contributed by atoms with E-state index in [0.29, 0.717) is 5.13 Å². The summed E-state index contributed by atoms with van der Waals surface area (Å²) < 4.78 is 0. The molecule has 1 atom stereocenters. The Morgan fingerprint density at radius 1 is 1.47 bits per heavy atom. The number of aromatic nitrogens is 1. The van der Waals surface area contributed by atoms with Gasteiger partial charge in [0.2, 0.25) is 0 Å². The van der Waals surface area contributed by atoms with Gasteiger partial charge in [0.05, 0.1) is 5.69 Å². The first-order chi connectivity index (χ1) is 8.93. The Balaban J connectivity index is 2.56. The molecule has 8 heteroatoms. The van der Waals surface area contributed by atoms with Crippen LogP contribution in [0.25, 0.3) is 0 Å². The molecular weight excluding hydrogens is 270 g/mol. The van der Waals surface area contributed by atoms with Gasteiger partial charge in [0, 0.05) is 18.4 Å². The van der Waals surface area contributed by atoms with Crippen LogP contribution in [0.1, 0.15) is 31.9 Å². The van der Waals surface area contributed by atoms with E-state index >= 15 is 0 Å². The molecule has 1 aromatic rings. The number of hydrogen-bond donors (Lipinski definition) is 4. The summed E-state index contributed by atoms with van der Waals surface area (Å²) in [4.78, 5) is 26.6. The van der Waals surface area contributed by atoms with Crippen molar-refractivity contribution in [1.29, 1.82) is 0 Å². The number of carbonyl (C=O) groups is 2. The molecule has 1 heterocycles. The summed E-state index contributed by atoms with van der Waals surface area (Å²) in [5, 5.41) is 24.5. The van der Waals surface area contributed by atoms with E-state index in [1.165, 1.54) is 11.3 Å². The van der Waals surface area contributed by atoms with Crippen LogP contribution in [0, 0.1) is 0 Å². The monoisotopic (exact) mass is 287 g/mol. The lowest BCUT2D eigenvalue weighted by atomic mass is 10.2. The number of carbonyl (C=O) groups excluding carboxylic acids is 1. The third kappa shape index (κ3) is 4.84. The quantitative estimate of drug-likeness (QED) is 0.628. The predicted molar refractivity (Wildman–Crippen MR) is 71.5 cm³/mol. The van der Waals surface area contributed by atoms with Gasteiger partial charge in [0.25, 0.3) is 0 Å². The number of aliphatic carboxylic acids is 1. The molecule has 0 saturated heterocycles. The fourth-order valence-electron chi connectivity index (χ4n) is 1.29. The zero-order valence-corrected chi connectivity index (χ0v) is 11.5. The van der Waals surface area contributed by atoms with Gasteiger partial charge in [-0.15, -0.1) is 11.3 Å². The third-order valence-electron chi connectivity index (χ3n) is 2.36. The molecule has 19 heavy (non-hydrogen) atoms. The maximum absolute atomic E-state index is 11.6. The van der Waals surface area contributed by atoms with Gasteiger partial charge in [0.1, 0.15) is 6.04 Å². The first kappa shape index (κ1) is 15.4. The van der Waals surface area contributed by atoms with Crippen molar-refractivity contribution in [3.63, 3.8) is 0 Å². The number of urea groups is 1. The second-order valence-corrected chi connectivity index (χ2v) is 5.09. The van der Waals surface area contributed by atoms with E-state index in [4.69, 9.17) is 10.2 Å². The van der Waals surface area contributed by atoms with Crippen LogP contribution in [0.2, 0.25) is 0 Å². The number of nitrogens with zero attached hydrogens (tertiary/aromatic N) is 1. The average molecular weight is 287 g/mol. The molecule has 4 N–H and O–H groups in total. The summed E-state index contributed by atoms with van der Waals surface area (Å²) in [6.07, 6.45) is -0.0438. The first-order valence-corrected chi connectivity index (χ1v) is 6.68. The minimum atomic E-state index is -1.19. The van der Waals surface area contributed by atoms with Crippen LogP contribution >= 0.6 is 11.3 Å². The molecule has 0 saturated carbocycles. The van der Waals surface area contributed by atoms with Gasteiger partial charge in [0.15, 0.2) is 5.13 Å². The van der Waals surface area contributed by atoms with E-state index in [-0.39, 0.29) is 18.9 Å². The molecule has 0 aliphatic heterocycles. The Labute approximate surface area is 114 Å². The molecule has 7 nitrogen and oxygen atoms in total. The molecule has 0 fully saturated rings. The zero-order valence-electron chi connectivity index (χ0n) is 10.7. The molecule has 106 valence electrons. The first-order valence-electron chi connectivity index (χ1n) is 5.80. The van der Waals surface area contributed by atoms with Gasteiger partial charge in [-0.2, -0.15) is 0 Å². The van der Waals surface area contributed by atoms with Crippen LogP contribution in [0.4, 0.5) is 9.93 Å². The number of carboxylic acid groups (broad SMARTS) is 1. The van der Waals surface area contributed by atoms with Crippen molar-refractivity contribution >= 4 is 28.5 Å². The third-order valence-corrected chi connectivity index (χ3v) is 3.13. The predicted octanol–water partition coefficient (Wildman–Crippen LogP) is 1.22. The fraction of sp³-hybridized carbons (Fsp3) is 0.545. The number of anilines is 1. The Bertz CT molecular complexity index is 447. The van der Waals surface area contributed by atoms with Gasteiger partial charge in [-0.3, -0.25) is 5.32 Å². The highest BCUT2D eigenvalue weighted by Crippen LogP contribution is 2.21. The number of carboxylic acids is 1. The minimum absolute atomic E-state index is 0.0438. The Morgan fingerprint density at radius 3 is 2.63 bits per heavy atom. The number of rotatable bonds is 6. The summed E-state index contributed by atoms with van der Waals surface area (Å²) in [7, 11) is 0. The number of aliphatic hydroxyl groups is 1. The second-order valence-electron chi connectivity index (χ2n) is 4.23. The molecule has 2 amide bonds. The highest BCUT2D eigenvalue weighted by atomic mass is 32.1. The smallest absolute Gasteiger partial charge is 0.326 e. The summed E-state index contributed by atoms with van der Waals surface area (Å²) >= 11 is 1.28. The number of nitrogens with one attached hydrogen (secondary N) is 2. The second kappa shape index (κ2) is 7.05. The molecule has 0 spiro atoms. The fourth-order valence-corrected chi connectivity index (χ4v) is 2.15. The molecule has 0 bridgehead atoms. The highest BCUT2D eigenvalue weighted by Gasteiger charge is 2.19. The Hall–Kier alpha value is -1.67. The van der Waals surface area contributed by atoms with Gasteiger partial charge in [-0.05, 0) is 5.92 Å². The van der Waals surface area contributed by atoms with Crippen LogP contribution in [0.3, 0.4) is 0 Å². The van der Waals surface area contributed by atoms with Crippen LogP contribution in [-0.4, -0.2) is 39.8 Å². The van der Waals surface area contributed by atoms with E-state index in [0.717, 1.165) is 5.69 Å². The van der Waals surface area contributed by atoms with Crippen molar-refractivity contribution in [3.05, 3.63) is 11.1 Å². The minimum Gasteiger partial charge on any atom is -0.480 e. The van der Waals surface area contributed by atoms with Crippen molar-refractivity contribution in [1.82, 2.24) is 10.3 Å². The molecule has 1 rings (SSSR count). The zero-order chi connectivity index (χ0) is 14.4. The highest BCUT2D eigenvalue weighted by molar-refractivity contribution is 7.13. The van der Waals surface area contributed by atoms with Crippen molar-refractivity contribution in [3.8, 4) is 0 Å². The van der Waals surface area contributed by atoms with Gasteiger partial charge in [-0.1, -0.05) is 13.8 Å². The van der Waals surface area contributed by atoms with Crippen molar-refractivity contribution in [2.75, 3.05) is 11.9 Å². The van der Waals surface area contributed by atoms with Crippen molar-refractivity contribution in [2.45, 2.75) is 32.2 Å². The SMILES string of the molecule is CC(C)c1csc(NC(=O)N[C@H](CCO)C(=O)O)n1. The summed E-state index contributed by atoms with van der Waals surface area (Å²) in [5.74, 6) is -0.928. The lowest BCUT2D eigenvalue weighted by molar-refractivity contribution is -0.139. The molecule has 1 aromatic heterocycles. The Kier molecular flexibility index (Phi) is 5.71. The molecule has 0 aromatic carbocycles. The van der Waals surface area contributed by atoms with Gasteiger partial charge < -0.3 is 15.5 Å². The molecule has 0 aliphatic carbocycles. The lowest BCUT2D eigenvalue weighted by Crippen LogP contribution is -2.43. The molecular formula is C11H17N3O4S. The van der Waals surface area contributed by atoms with Gasteiger partial charge in [-0.25, -0.2) is 14.6 Å². The van der Waals surface area contributed by atoms with Crippen LogP contribution in [0.15, 0.2) is 5.38 Å². The van der Waals surface area contributed by atoms with E-state index < -0.39 is 18.0 Å². The molecule has 0 radical (unpaired) electrons. The maximum Gasteiger partial charge on any atom is 0.326 e. The standard InChI is InChI=1S/C11H17N3O4S/c1-6(2)8-5-19-11(13-8)14-10(18)12-7(3-4-15)9(16)17/h5-7,15H,3-4H2,1-2H3,(H,16,17)(H2,12,13,14,18)/t7-/m1/s1. The number of amides is 2. The topological polar surface area (TPSA) is 112 Å². The summed E-state index contributed by atoms with van der Waals surface area (Å²) in [6.45, 7) is 3.66. The average Bonchev–Trinajstić information content (AvgIpc) is 2.76. The van der Waals surface area contributed by atoms with E-state index in [1.807, 2.05) is 19.2 Å². The van der Waals surface area contributed by atoms with E-state index in [2.05, 4.69) is 15.6 Å². The number of aliphatic hydroxyl groups excluding tert-OH is 1. The Morgan fingerprint density at radius 2 is 2.16 bits per heavy atom. The summed E-state index contributed by atoms with van der Waals surface area (Å²) in [6, 6.07) is -1.76. The lowest BCUT2D eigenvalue weighted by Gasteiger charge is -2.12. The van der Waals surface area contributed by atoms with Crippen LogP contribution < -0.4 is 10.6 Å². The van der Waals surface area contributed by atoms with E-state index in [1.54, 1.807) is 0 Å². The van der Waals surface area contributed by atoms with E-state index in [9.17, 15) is 9.59 Å². The molecule has 0 aliphatic rings.